The van der Waals surface area contributed by atoms with Crippen LogP contribution in [0.5, 0.6) is 0 Å². The lowest BCUT2D eigenvalue weighted by Gasteiger charge is -2.40. The van der Waals surface area contributed by atoms with Crippen LogP contribution >= 0.6 is 11.6 Å². The van der Waals surface area contributed by atoms with E-state index < -0.39 is 0 Å². The van der Waals surface area contributed by atoms with Gasteiger partial charge in [-0.2, -0.15) is 0 Å². The average Bonchev–Trinajstić information content (AvgIpc) is 2.82. The standard InChI is InChI=1S/C15H18ClFN4/c1-10(2)14-18-3-4-20(14)7-11-8-21(9-11)15-13(17)5-12(16)6-19-15/h3-6,10-11H,7-9H2,1-2H3. The van der Waals surface area contributed by atoms with Gasteiger partial charge >= 0.3 is 0 Å². The molecule has 1 aliphatic heterocycles. The minimum absolute atomic E-state index is 0.327. The lowest BCUT2D eigenvalue weighted by molar-refractivity contribution is 0.345. The molecule has 0 spiro atoms. The molecule has 21 heavy (non-hydrogen) atoms. The van der Waals surface area contributed by atoms with Gasteiger partial charge in [-0.25, -0.2) is 14.4 Å². The van der Waals surface area contributed by atoms with Crippen LogP contribution in [-0.4, -0.2) is 27.6 Å². The van der Waals surface area contributed by atoms with Crippen molar-refractivity contribution in [2.75, 3.05) is 18.0 Å². The number of anilines is 1. The van der Waals surface area contributed by atoms with Crippen molar-refractivity contribution < 1.29 is 4.39 Å². The third-order valence-electron chi connectivity index (χ3n) is 3.76. The van der Waals surface area contributed by atoms with E-state index in [4.69, 9.17) is 11.6 Å². The summed E-state index contributed by atoms with van der Waals surface area (Å²) >= 11 is 5.72. The molecule has 1 aliphatic rings. The summed E-state index contributed by atoms with van der Waals surface area (Å²) in [6.45, 7) is 6.81. The van der Waals surface area contributed by atoms with Crippen molar-refractivity contribution in [2.45, 2.75) is 26.3 Å². The van der Waals surface area contributed by atoms with Crippen LogP contribution in [-0.2, 0) is 6.54 Å². The van der Waals surface area contributed by atoms with Gasteiger partial charge in [0, 0.05) is 50.1 Å². The molecule has 0 aromatic carbocycles. The Labute approximate surface area is 128 Å². The maximum absolute atomic E-state index is 13.8. The zero-order chi connectivity index (χ0) is 15.0. The molecule has 0 atom stereocenters. The largest absolute Gasteiger partial charge is 0.353 e. The van der Waals surface area contributed by atoms with Crippen molar-refractivity contribution in [3.05, 3.63) is 41.3 Å². The fourth-order valence-electron chi connectivity index (χ4n) is 2.75. The van der Waals surface area contributed by atoms with Crippen LogP contribution in [0.3, 0.4) is 0 Å². The van der Waals surface area contributed by atoms with Gasteiger partial charge in [0.2, 0.25) is 0 Å². The second-order valence-corrected chi connectivity index (χ2v) is 6.26. The van der Waals surface area contributed by atoms with Crippen LogP contribution in [0.1, 0.15) is 25.6 Å². The van der Waals surface area contributed by atoms with Crippen molar-refractivity contribution in [1.29, 1.82) is 0 Å². The van der Waals surface area contributed by atoms with Gasteiger partial charge in [-0.1, -0.05) is 25.4 Å². The van der Waals surface area contributed by atoms with Gasteiger partial charge in [-0.15, -0.1) is 0 Å². The molecule has 2 aromatic rings. The van der Waals surface area contributed by atoms with E-state index >= 15 is 0 Å². The highest BCUT2D eigenvalue weighted by Crippen LogP contribution is 2.28. The number of hydrogen-bond acceptors (Lipinski definition) is 3. The molecule has 112 valence electrons. The highest BCUT2D eigenvalue weighted by atomic mass is 35.5. The lowest BCUT2D eigenvalue weighted by Crippen LogP contribution is -2.49. The Kier molecular flexibility index (Phi) is 3.85. The van der Waals surface area contributed by atoms with Crippen LogP contribution in [0.25, 0.3) is 0 Å². The molecule has 0 N–H and O–H groups in total. The fourth-order valence-corrected chi connectivity index (χ4v) is 2.90. The van der Waals surface area contributed by atoms with Gasteiger partial charge in [0.05, 0.1) is 5.02 Å². The molecule has 0 unspecified atom stereocenters. The lowest BCUT2D eigenvalue weighted by atomic mass is 9.99. The molecule has 3 heterocycles. The summed E-state index contributed by atoms with van der Waals surface area (Å²) in [5.41, 5.74) is 0. The monoisotopic (exact) mass is 308 g/mol. The van der Waals surface area contributed by atoms with Crippen LogP contribution in [0, 0.1) is 11.7 Å². The minimum Gasteiger partial charge on any atom is -0.353 e. The second kappa shape index (κ2) is 5.64. The maximum Gasteiger partial charge on any atom is 0.167 e. The number of hydrogen-bond donors (Lipinski definition) is 0. The summed E-state index contributed by atoms with van der Waals surface area (Å²) in [5, 5.41) is 0.327. The Hall–Kier alpha value is -1.62. The average molecular weight is 309 g/mol. The summed E-state index contributed by atoms with van der Waals surface area (Å²) < 4.78 is 16.0. The van der Waals surface area contributed by atoms with Gasteiger partial charge in [0.25, 0.3) is 0 Å². The molecule has 1 fully saturated rings. The quantitative estimate of drug-likeness (QED) is 0.869. The minimum atomic E-state index is -0.355. The summed E-state index contributed by atoms with van der Waals surface area (Å²) in [6.07, 6.45) is 5.34. The van der Waals surface area contributed by atoms with Gasteiger partial charge in [0.1, 0.15) is 5.82 Å². The van der Waals surface area contributed by atoms with E-state index in [1.165, 1.54) is 12.3 Å². The highest BCUT2D eigenvalue weighted by molar-refractivity contribution is 6.30. The van der Waals surface area contributed by atoms with Gasteiger partial charge in [-0.05, 0) is 6.07 Å². The molecular weight excluding hydrogens is 291 g/mol. The molecule has 1 saturated heterocycles. The molecule has 0 bridgehead atoms. The first-order chi connectivity index (χ1) is 10.0. The summed E-state index contributed by atoms with van der Waals surface area (Å²) in [6, 6.07) is 1.31. The van der Waals surface area contributed by atoms with Crippen molar-refractivity contribution in [3.63, 3.8) is 0 Å². The van der Waals surface area contributed by atoms with E-state index in [2.05, 4.69) is 28.4 Å². The third-order valence-corrected chi connectivity index (χ3v) is 3.97. The molecule has 3 rings (SSSR count). The van der Waals surface area contributed by atoms with E-state index in [9.17, 15) is 4.39 Å². The summed E-state index contributed by atoms with van der Waals surface area (Å²) in [5.74, 6) is 2.04. The first kappa shape index (κ1) is 14.3. The number of pyridine rings is 1. The van der Waals surface area contributed by atoms with Crippen LogP contribution in [0.15, 0.2) is 24.7 Å². The van der Waals surface area contributed by atoms with Crippen molar-refractivity contribution >= 4 is 17.4 Å². The van der Waals surface area contributed by atoms with Gasteiger partial charge in [-0.3, -0.25) is 0 Å². The Morgan fingerprint density at radius 3 is 2.81 bits per heavy atom. The molecule has 0 aliphatic carbocycles. The number of rotatable bonds is 4. The van der Waals surface area contributed by atoms with E-state index in [1.807, 2.05) is 17.3 Å². The zero-order valence-electron chi connectivity index (χ0n) is 12.1. The Morgan fingerprint density at radius 1 is 1.38 bits per heavy atom. The zero-order valence-corrected chi connectivity index (χ0v) is 12.9. The van der Waals surface area contributed by atoms with E-state index in [0.29, 0.717) is 22.7 Å². The van der Waals surface area contributed by atoms with Crippen LogP contribution < -0.4 is 4.90 Å². The molecule has 0 saturated carbocycles. The normalized spacial score (nSPS) is 15.6. The predicted octanol–water partition coefficient (Wildman–Crippen LogP) is 3.33. The second-order valence-electron chi connectivity index (χ2n) is 5.82. The van der Waals surface area contributed by atoms with Crippen molar-refractivity contribution in [1.82, 2.24) is 14.5 Å². The Balaban J connectivity index is 1.62. The first-order valence-corrected chi connectivity index (χ1v) is 7.49. The van der Waals surface area contributed by atoms with Crippen LogP contribution in [0.4, 0.5) is 10.2 Å². The molecule has 0 amide bonds. The predicted molar refractivity (Wildman–Crippen MR) is 81.2 cm³/mol. The smallest absolute Gasteiger partial charge is 0.167 e. The van der Waals surface area contributed by atoms with Crippen LogP contribution in [0.2, 0.25) is 5.02 Å². The van der Waals surface area contributed by atoms with Crippen molar-refractivity contribution in [3.8, 4) is 0 Å². The molecular formula is C15H18ClFN4. The Morgan fingerprint density at radius 2 is 2.14 bits per heavy atom. The SMILES string of the molecule is CC(C)c1nccn1CC1CN(c2ncc(Cl)cc2F)C1. The number of nitrogens with zero attached hydrogens (tertiary/aromatic N) is 4. The number of halogens is 2. The van der Waals surface area contributed by atoms with E-state index in [1.54, 1.807) is 0 Å². The van der Waals surface area contributed by atoms with Gasteiger partial charge < -0.3 is 9.47 Å². The topological polar surface area (TPSA) is 34.0 Å². The van der Waals surface area contributed by atoms with E-state index in [0.717, 1.165) is 25.5 Å². The van der Waals surface area contributed by atoms with Crippen molar-refractivity contribution in [2.24, 2.45) is 5.92 Å². The van der Waals surface area contributed by atoms with E-state index in [-0.39, 0.29) is 5.82 Å². The maximum atomic E-state index is 13.8. The summed E-state index contributed by atoms with van der Waals surface area (Å²) in [4.78, 5) is 10.4. The summed E-state index contributed by atoms with van der Waals surface area (Å²) in [7, 11) is 0. The fraction of sp³-hybridized carbons (Fsp3) is 0.467. The number of aromatic nitrogens is 3. The Bertz CT molecular complexity index is 634. The highest BCUT2D eigenvalue weighted by Gasteiger charge is 2.30. The molecule has 6 heteroatoms. The first-order valence-electron chi connectivity index (χ1n) is 7.11. The van der Waals surface area contributed by atoms with Gasteiger partial charge in [0.15, 0.2) is 11.6 Å². The molecule has 2 aromatic heterocycles. The molecule has 0 radical (unpaired) electrons. The number of imidazole rings is 1. The molecule has 4 nitrogen and oxygen atoms in total. The third kappa shape index (κ3) is 2.88.